The normalized spacial score (nSPS) is 24.1. The first-order chi connectivity index (χ1) is 6.96. The fraction of sp³-hybridized carbons (Fsp3) is 0.889. The van der Waals surface area contributed by atoms with E-state index in [0.29, 0.717) is 19.6 Å². The number of nitrogens with one attached hydrogen (secondary N) is 1. The predicted octanol–water partition coefficient (Wildman–Crippen LogP) is 0.802. The molecule has 1 aliphatic rings. The summed E-state index contributed by atoms with van der Waals surface area (Å²) in [7, 11) is 0. The van der Waals surface area contributed by atoms with Gasteiger partial charge in [-0.15, -0.1) is 0 Å². The third kappa shape index (κ3) is 3.17. The van der Waals surface area contributed by atoms with Gasteiger partial charge in [0.05, 0.1) is 6.04 Å². The topological polar surface area (TPSA) is 32.3 Å². The Labute approximate surface area is 86.6 Å². The average Bonchev–Trinajstić information content (AvgIpc) is 2.17. The number of alkyl halides is 3. The number of carbonyl (C=O) groups is 1. The van der Waals surface area contributed by atoms with Crippen LogP contribution in [0.2, 0.25) is 0 Å². The number of Topliss-reactive ketones (excluding diaryl/α,β-unsaturated/α-hetero) is 1. The molecule has 0 amide bonds. The molecule has 1 rings (SSSR count). The van der Waals surface area contributed by atoms with Crippen LogP contribution < -0.4 is 5.32 Å². The Morgan fingerprint density at radius 1 is 1.53 bits per heavy atom. The van der Waals surface area contributed by atoms with Crippen molar-refractivity contribution in [2.45, 2.75) is 25.6 Å². The minimum atomic E-state index is -4.73. The van der Waals surface area contributed by atoms with Crippen molar-refractivity contribution < 1.29 is 18.0 Å². The number of piperazine rings is 1. The highest BCUT2D eigenvalue weighted by molar-refractivity contribution is 5.89. The summed E-state index contributed by atoms with van der Waals surface area (Å²) in [5.74, 6) is -1.64. The van der Waals surface area contributed by atoms with Gasteiger partial charge >= 0.3 is 6.18 Å². The molecule has 0 aromatic carbocycles. The van der Waals surface area contributed by atoms with E-state index in [1.165, 1.54) is 0 Å². The van der Waals surface area contributed by atoms with Gasteiger partial charge in [-0.05, 0) is 13.0 Å². The maximum Gasteiger partial charge on any atom is 0.451 e. The first-order valence-corrected chi connectivity index (χ1v) is 5.02. The van der Waals surface area contributed by atoms with Crippen LogP contribution in [-0.2, 0) is 4.79 Å². The van der Waals surface area contributed by atoms with Gasteiger partial charge in [0, 0.05) is 19.6 Å². The van der Waals surface area contributed by atoms with Crippen molar-refractivity contribution >= 4 is 5.78 Å². The van der Waals surface area contributed by atoms with Crippen LogP contribution in [-0.4, -0.2) is 49.1 Å². The van der Waals surface area contributed by atoms with Crippen LogP contribution in [0.5, 0.6) is 0 Å². The maximum atomic E-state index is 12.2. The molecule has 88 valence electrons. The van der Waals surface area contributed by atoms with E-state index < -0.39 is 18.0 Å². The zero-order valence-corrected chi connectivity index (χ0v) is 8.60. The molecule has 3 nitrogen and oxygen atoms in total. The second-order valence-corrected chi connectivity index (χ2v) is 3.62. The van der Waals surface area contributed by atoms with E-state index in [4.69, 9.17) is 0 Å². The molecule has 1 heterocycles. The molecule has 1 aliphatic heterocycles. The Balaban J connectivity index is 2.67. The van der Waals surface area contributed by atoms with Gasteiger partial charge in [0.25, 0.3) is 5.78 Å². The molecular formula is C9H15F3N2O. The van der Waals surface area contributed by atoms with Crippen LogP contribution in [0.15, 0.2) is 0 Å². The Kier molecular flexibility index (Phi) is 4.10. The first kappa shape index (κ1) is 12.4. The molecule has 0 aromatic rings. The summed E-state index contributed by atoms with van der Waals surface area (Å²) in [6.45, 7) is 3.66. The summed E-state index contributed by atoms with van der Waals surface area (Å²) < 4.78 is 36.7. The van der Waals surface area contributed by atoms with E-state index in [0.717, 1.165) is 6.42 Å². The SMILES string of the molecule is CCCN1CCNCC1C(=O)C(F)(F)F. The quantitative estimate of drug-likeness (QED) is 0.769. The summed E-state index contributed by atoms with van der Waals surface area (Å²) in [6.07, 6.45) is -3.97. The Morgan fingerprint density at radius 3 is 2.73 bits per heavy atom. The predicted molar refractivity (Wildman–Crippen MR) is 49.6 cm³/mol. The number of ketones is 1. The van der Waals surface area contributed by atoms with Crippen molar-refractivity contribution in [2.24, 2.45) is 0 Å². The lowest BCUT2D eigenvalue weighted by Gasteiger charge is -2.35. The summed E-state index contributed by atoms with van der Waals surface area (Å²) >= 11 is 0. The zero-order chi connectivity index (χ0) is 11.5. The van der Waals surface area contributed by atoms with E-state index in [1.54, 1.807) is 4.90 Å². The standard InChI is InChI=1S/C9H15F3N2O/c1-2-4-14-5-3-13-6-7(14)8(15)9(10,11)12/h7,13H,2-6H2,1H3. The minimum Gasteiger partial charge on any atom is -0.313 e. The lowest BCUT2D eigenvalue weighted by molar-refractivity contribution is -0.177. The van der Waals surface area contributed by atoms with Crippen molar-refractivity contribution in [1.82, 2.24) is 10.2 Å². The van der Waals surface area contributed by atoms with Gasteiger partial charge in [0.2, 0.25) is 0 Å². The number of carbonyl (C=O) groups excluding carboxylic acids is 1. The molecule has 15 heavy (non-hydrogen) atoms. The van der Waals surface area contributed by atoms with Crippen molar-refractivity contribution in [3.8, 4) is 0 Å². The molecule has 6 heteroatoms. The van der Waals surface area contributed by atoms with Crippen LogP contribution >= 0.6 is 0 Å². The van der Waals surface area contributed by atoms with Gasteiger partial charge in [0.1, 0.15) is 0 Å². The van der Waals surface area contributed by atoms with E-state index in [9.17, 15) is 18.0 Å². The minimum absolute atomic E-state index is 0.0956. The molecule has 1 N–H and O–H groups in total. The third-order valence-electron chi connectivity index (χ3n) is 2.45. The highest BCUT2D eigenvalue weighted by atomic mass is 19.4. The van der Waals surface area contributed by atoms with Crippen molar-refractivity contribution in [1.29, 1.82) is 0 Å². The number of nitrogens with zero attached hydrogens (tertiary/aromatic N) is 1. The van der Waals surface area contributed by atoms with Gasteiger partial charge in [-0.3, -0.25) is 9.69 Å². The molecule has 0 saturated carbocycles. The van der Waals surface area contributed by atoms with Crippen molar-refractivity contribution in [3.05, 3.63) is 0 Å². The van der Waals surface area contributed by atoms with Gasteiger partial charge in [-0.25, -0.2) is 0 Å². The number of halogens is 3. The summed E-state index contributed by atoms with van der Waals surface area (Å²) in [4.78, 5) is 12.7. The molecule has 1 saturated heterocycles. The lowest BCUT2D eigenvalue weighted by Crippen LogP contribution is -2.57. The van der Waals surface area contributed by atoms with E-state index in [-0.39, 0.29) is 6.54 Å². The molecule has 1 fully saturated rings. The maximum absolute atomic E-state index is 12.2. The second-order valence-electron chi connectivity index (χ2n) is 3.62. The largest absolute Gasteiger partial charge is 0.451 e. The van der Waals surface area contributed by atoms with Crippen LogP contribution in [0.1, 0.15) is 13.3 Å². The molecule has 1 atom stereocenters. The lowest BCUT2D eigenvalue weighted by atomic mass is 10.1. The molecule has 0 spiro atoms. The third-order valence-corrected chi connectivity index (χ3v) is 2.45. The van der Waals surface area contributed by atoms with Crippen LogP contribution in [0, 0.1) is 0 Å². The number of hydrogen-bond donors (Lipinski definition) is 1. The Morgan fingerprint density at radius 2 is 2.20 bits per heavy atom. The van der Waals surface area contributed by atoms with Gasteiger partial charge in [-0.2, -0.15) is 13.2 Å². The van der Waals surface area contributed by atoms with Gasteiger partial charge in [0.15, 0.2) is 0 Å². The van der Waals surface area contributed by atoms with Gasteiger partial charge < -0.3 is 5.32 Å². The van der Waals surface area contributed by atoms with Crippen LogP contribution in [0.3, 0.4) is 0 Å². The number of hydrogen-bond acceptors (Lipinski definition) is 3. The average molecular weight is 224 g/mol. The highest BCUT2D eigenvalue weighted by Gasteiger charge is 2.45. The molecular weight excluding hydrogens is 209 g/mol. The van der Waals surface area contributed by atoms with E-state index in [1.807, 2.05) is 6.92 Å². The fourth-order valence-electron chi connectivity index (χ4n) is 1.75. The van der Waals surface area contributed by atoms with E-state index >= 15 is 0 Å². The van der Waals surface area contributed by atoms with Gasteiger partial charge in [-0.1, -0.05) is 6.92 Å². The Bertz CT molecular complexity index is 228. The van der Waals surface area contributed by atoms with Crippen molar-refractivity contribution in [2.75, 3.05) is 26.2 Å². The van der Waals surface area contributed by atoms with E-state index in [2.05, 4.69) is 5.32 Å². The monoisotopic (exact) mass is 224 g/mol. The fourth-order valence-corrected chi connectivity index (χ4v) is 1.75. The summed E-state index contributed by atoms with van der Waals surface area (Å²) in [6, 6.07) is -1.04. The highest BCUT2D eigenvalue weighted by Crippen LogP contribution is 2.21. The van der Waals surface area contributed by atoms with Crippen LogP contribution in [0.4, 0.5) is 13.2 Å². The molecule has 1 unspecified atom stereocenters. The molecule has 0 radical (unpaired) electrons. The Hall–Kier alpha value is -0.620. The summed E-state index contributed by atoms with van der Waals surface area (Å²) in [5, 5.41) is 2.81. The first-order valence-electron chi connectivity index (χ1n) is 5.02. The summed E-state index contributed by atoms with van der Waals surface area (Å²) in [5.41, 5.74) is 0. The zero-order valence-electron chi connectivity index (χ0n) is 8.60. The smallest absolute Gasteiger partial charge is 0.313 e. The molecule has 0 aliphatic carbocycles. The van der Waals surface area contributed by atoms with Crippen molar-refractivity contribution in [3.63, 3.8) is 0 Å². The second kappa shape index (κ2) is 4.94. The molecule has 0 aromatic heterocycles. The number of rotatable bonds is 3. The molecule has 0 bridgehead atoms. The van der Waals surface area contributed by atoms with Crippen LogP contribution in [0.25, 0.3) is 0 Å².